The van der Waals surface area contributed by atoms with E-state index in [0.29, 0.717) is 0 Å². The molecule has 0 saturated carbocycles. The monoisotopic (exact) mass is 401 g/mol. The fourth-order valence-electron chi connectivity index (χ4n) is 2.37. The lowest BCUT2D eigenvalue weighted by atomic mass is 10.2. The highest BCUT2D eigenvalue weighted by Crippen LogP contribution is 2.18. The molecule has 0 fully saturated rings. The van der Waals surface area contributed by atoms with E-state index < -0.39 is 23.7 Å². The smallest absolute Gasteiger partial charge is 0.407 e. The second-order valence-corrected chi connectivity index (χ2v) is 7.44. The van der Waals surface area contributed by atoms with Crippen molar-refractivity contribution in [1.82, 2.24) is 5.32 Å². The number of carbonyl (C=O) groups excluding carboxylic acids is 1. The first-order chi connectivity index (χ1) is 13.7. The summed E-state index contributed by atoms with van der Waals surface area (Å²) in [5, 5.41) is 12.0. The van der Waals surface area contributed by atoms with E-state index in [0.717, 1.165) is 5.56 Å². The number of carbonyl (C=O) groups is 2. The number of carboxylic acids is 1. The summed E-state index contributed by atoms with van der Waals surface area (Å²) in [6.45, 7) is 6.05. The van der Waals surface area contributed by atoms with Crippen molar-refractivity contribution in [3.8, 4) is 5.75 Å². The van der Waals surface area contributed by atoms with Gasteiger partial charge < -0.3 is 24.6 Å². The molecule has 0 aliphatic rings. The number of aromatic carboxylic acids is 1. The van der Waals surface area contributed by atoms with Crippen LogP contribution in [-0.4, -0.2) is 42.0 Å². The van der Waals surface area contributed by atoms with Crippen molar-refractivity contribution in [3.05, 3.63) is 65.7 Å². The van der Waals surface area contributed by atoms with Gasteiger partial charge in [0.05, 0.1) is 18.2 Å². The Bertz CT molecular complexity index is 800. The molecule has 7 nitrogen and oxygen atoms in total. The molecule has 0 bridgehead atoms. The Labute approximate surface area is 170 Å². The number of carboxylic acid groups (broad SMARTS) is 1. The van der Waals surface area contributed by atoms with Gasteiger partial charge in [-0.3, -0.25) is 0 Å². The molecule has 2 N–H and O–H groups in total. The summed E-state index contributed by atoms with van der Waals surface area (Å²) in [4.78, 5) is 23.5. The van der Waals surface area contributed by atoms with Gasteiger partial charge in [0.25, 0.3) is 0 Å². The summed E-state index contributed by atoms with van der Waals surface area (Å²) in [6, 6.07) is 15.1. The van der Waals surface area contributed by atoms with Gasteiger partial charge in [0.1, 0.15) is 24.5 Å². The minimum absolute atomic E-state index is 0.0286. The predicted molar refractivity (Wildman–Crippen MR) is 108 cm³/mol. The second kappa shape index (κ2) is 10.5. The Morgan fingerprint density at radius 1 is 1.00 bits per heavy atom. The summed E-state index contributed by atoms with van der Waals surface area (Å²) in [6.07, 6.45) is -0.605. The lowest BCUT2D eigenvalue weighted by Crippen LogP contribution is -2.44. The fraction of sp³-hybridized carbons (Fsp3) is 0.364. The molecule has 1 atom stereocenters. The third kappa shape index (κ3) is 8.23. The summed E-state index contributed by atoms with van der Waals surface area (Å²) in [5.41, 5.74) is 0.513. The van der Waals surface area contributed by atoms with Gasteiger partial charge in [0.2, 0.25) is 0 Å². The van der Waals surface area contributed by atoms with E-state index in [4.69, 9.17) is 14.2 Å². The van der Waals surface area contributed by atoms with Gasteiger partial charge in [-0.25, -0.2) is 9.59 Å². The minimum Gasteiger partial charge on any atom is -0.490 e. The van der Waals surface area contributed by atoms with Crippen LogP contribution in [0.2, 0.25) is 0 Å². The van der Waals surface area contributed by atoms with Crippen molar-refractivity contribution >= 4 is 12.1 Å². The predicted octanol–water partition coefficient (Wildman–Crippen LogP) is 3.87. The lowest BCUT2D eigenvalue weighted by Gasteiger charge is -2.25. The third-order valence-corrected chi connectivity index (χ3v) is 3.81. The van der Waals surface area contributed by atoms with E-state index in [1.54, 1.807) is 18.2 Å². The summed E-state index contributed by atoms with van der Waals surface area (Å²) in [7, 11) is 0. The topological polar surface area (TPSA) is 94.1 Å². The zero-order valence-corrected chi connectivity index (χ0v) is 16.9. The molecule has 0 aliphatic carbocycles. The van der Waals surface area contributed by atoms with Crippen LogP contribution >= 0.6 is 0 Å². The number of hydrogen-bond acceptors (Lipinski definition) is 5. The SMILES string of the molecule is CC(C)(C)OCC(COc1ccccc1C(=O)O)NC(=O)OCc1ccccc1. The quantitative estimate of drug-likeness (QED) is 0.662. The number of alkyl carbamates (subject to hydrolysis) is 1. The average Bonchev–Trinajstić information content (AvgIpc) is 2.68. The van der Waals surface area contributed by atoms with E-state index in [9.17, 15) is 14.7 Å². The number of para-hydroxylation sites is 1. The van der Waals surface area contributed by atoms with Crippen molar-refractivity contribution in [1.29, 1.82) is 0 Å². The Kier molecular flexibility index (Phi) is 8.03. The highest BCUT2D eigenvalue weighted by Gasteiger charge is 2.20. The van der Waals surface area contributed by atoms with Crippen LogP contribution in [0, 0.1) is 0 Å². The van der Waals surface area contributed by atoms with Gasteiger partial charge in [-0.2, -0.15) is 0 Å². The second-order valence-electron chi connectivity index (χ2n) is 7.44. The molecule has 0 aliphatic heterocycles. The average molecular weight is 401 g/mol. The van der Waals surface area contributed by atoms with E-state index in [1.165, 1.54) is 6.07 Å². The first kappa shape index (κ1) is 22.2. The Balaban J connectivity index is 1.97. The fourth-order valence-corrected chi connectivity index (χ4v) is 2.37. The molecule has 1 unspecified atom stereocenters. The van der Waals surface area contributed by atoms with Crippen molar-refractivity contribution in [3.63, 3.8) is 0 Å². The Morgan fingerprint density at radius 2 is 1.66 bits per heavy atom. The summed E-state index contributed by atoms with van der Waals surface area (Å²) < 4.78 is 16.7. The van der Waals surface area contributed by atoms with Gasteiger partial charge in [-0.05, 0) is 38.5 Å². The largest absolute Gasteiger partial charge is 0.490 e. The third-order valence-electron chi connectivity index (χ3n) is 3.81. The number of hydrogen-bond donors (Lipinski definition) is 2. The van der Waals surface area contributed by atoms with Gasteiger partial charge >= 0.3 is 12.1 Å². The van der Waals surface area contributed by atoms with Crippen LogP contribution in [0.25, 0.3) is 0 Å². The minimum atomic E-state index is -1.08. The number of benzene rings is 2. The van der Waals surface area contributed by atoms with Crippen LogP contribution < -0.4 is 10.1 Å². The molecule has 2 rings (SSSR count). The first-order valence-electron chi connectivity index (χ1n) is 9.31. The maximum atomic E-state index is 12.2. The van der Waals surface area contributed by atoms with Gasteiger partial charge in [0, 0.05) is 0 Å². The maximum Gasteiger partial charge on any atom is 0.407 e. The van der Waals surface area contributed by atoms with Crippen LogP contribution in [0.5, 0.6) is 5.75 Å². The van der Waals surface area contributed by atoms with Crippen LogP contribution in [0.15, 0.2) is 54.6 Å². The van der Waals surface area contributed by atoms with Crippen LogP contribution in [0.4, 0.5) is 4.79 Å². The molecule has 2 aromatic rings. The van der Waals surface area contributed by atoms with Gasteiger partial charge in [-0.15, -0.1) is 0 Å². The van der Waals surface area contributed by atoms with Crippen molar-refractivity contribution in [2.45, 2.75) is 39.0 Å². The Hall–Kier alpha value is -3.06. The molecule has 0 heterocycles. The van der Waals surface area contributed by atoms with E-state index in [1.807, 2.05) is 51.1 Å². The number of rotatable bonds is 9. The van der Waals surface area contributed by atoms with Crippen molar-refractivity contribution in [2.75, 3.05) is 13.2 Å². The molecule has 29 heavy (non-hydrogen) atoms. The molecular formula is C22H27NO6. The van der Waals surface area contributed by atoms with Crippen molar-refractivity contribution < 1.29 is 28.9 Å². The molecule has 1 amide bonds. The molecule has 0 spiro atoms. The maximum absolute atomic E-state index is 12.2. The van der Waals surface area contributed by atoms with Gasteiger partial charge in [0.15, 0.2) is 0 Å². The summed E-state index contributed by atoms with van der Waals surface area (Å²) in [5.74, 6) is -0.862. The molecule has 0 aromatic heterocycles. The molecule has 2 aromatic carbocycles. The zero-order valence-electron chi connectivity index (χ0n) is 16.9. The first-order valence-corrected chi connectivity index (χ1v) is 9.31. The van der Waals surface area contributed by atoms with Crippen molar-refractivity contribution in [2.24, 2.45) is 0 Å². The van der Waals surface area contributed by atoms with E-state index in [2.05, 4.69) is 5.32 Å². The Morgan fingerprint density at radius 3 is 2.31 bits per heavy atom. The van der Waals surface area contributed by atoms with Gasteiger partial charge in [-0.1, -0.05) is 42.5 Å². The molecule has 0 saturated heterocycles. The number of amides is 1. The van der Waals surface area contributed by atoms with Crippen LogP contribution in [0.1, 0.15) is 36.7 Å². The molecule has 156 valence electrons. The number of ether oxygens (including phenoxy) is 3. The highest BCUT2D eigenvalue weighted by molar-refractivity contribution is 5.90. The summed E-state index contributed by atoms with van der Waals surface area (Å²) >= 11 is 0. The van der Waals surface area contributed by atoms with Crippen LogP contribution in [-0.2, 0) is 16.1 Å². The van der Waals surface area contributed by atoms with E-state index in [-0.39, 0.29) is 31.1 Å². The van der Waals surface area contributed by atoms with Crippen LogP contribution in [0.3, 0.4) is 0 Å². The van der Waals surface area contributed by atoms with E-state index >= 15 is 0 Å². The lowest BCUT2D eigenvalue weighted by molar-refractivity contribution is -0.0200. The standard InChI is InChI=1S/C22H27NO6/c1-22(2,3)29-15-17(14-27-19-12-8-7-11-18(19)20(24)25)23-21(26)28-13-16-9-5-4-6-10-16/h4-12,17H,13-15H2,1-3H3,(H,23,26)(H,24,25). The normalized spacial score (nSPS) is 12.1. The zero-order chi connectivity index (χ0) is 21.3. The molecule has 0 radical (unpaired) electrons. The number of nitrogens with one attached hydrogen (secondary N) is 1. The highest BCUT2D eigenvalue weighted by atomic mass is 16.6. The molecular weight excluding hydrogens is 374 g/mol. The molecule has 7 heteroatoms.